The molecule has 0 bridgehead atoms. The molecule has 0 saturated carbocycles. The molecule has 0 atom stereocenters. The van der Waals surface area contributed by atoms with Crippen LogP contribution in [0.5, 0.6) is 0 Å². The fourth-order valence-electron chi connectivity index (χ4n) is 5.24. The van der Waals surface area contributed by atoms with E-state index in [0.29, 0.717) is 132 Å². The molecule has 0 saturated heterocycles. The van der Waals surface area contributed by atoms with E-state index in [2.05, 4.69) is 13.8 Å². The minimum absolute atomic E-state index is 0.134. The molecule has 0 radical (unpaired) electrons. The minimum atomic E-state index is -0.161. The number of esters is 2. The molecule has 0 N–H and O–H groups in total. The third-order valence-corrected chi connectivity index (χ3v) is 8.43. The molecule has 13 nitrogen and oxygen atoms in total. The van der Waals surface area contributed by atoms with Gasteiger partial charge >= 0.3 is 11.9 Å². The first kappa shape index (κ1) is 53.6. The monoisotopic (exact) mass is 795 g/mol. The van der Waals surface area contributed by atoms with E-state index in [4.69, 9.17) is 52.1 Å². The summed E-state index contributed by atoms with van der Waals surface area (Å²) in [5.41, 5.74) is 0. The number of hydrogen-bond donors (Lipinski definition) is 0. The van der Waals surface area contributed by atoms with Crippen LogP contribution in [-0.2, 0) is 61.7 Å². The molecular formula is C42H82O13. The Kier molecular flexibility index (Phi) is 47.5. The van der Waals surface area contributed by atoms with Crippen molar-refractivity contribution < 1.29 is 61.7 Å². The quantitative estimate of drug-likeness (QED) is 0.0451. The largest absolute Gasteiger partial charge is 0.463 e. The molecule has 0 aliphatic heterocycles. The van der Waals surface area contributed by atoms with Crippen LogP contribution in [0.2, 0.25) is 0 Å². The summed E-state index contributed by atoms with van der Waals surface area (Å²) in [4.78, 5) is 23.4. The van der Waals surface area contributed by atoms with Gasteiger partial charge in [-0.25, -0.2) is 0 Å². The van der Waals surface area contributed by atoms with Crippen molar-refractivity contribution in [3.63, 3.8) is 0 Å². The average Bonchev–Trinajstić information content (AvgIpc) is 3.18. The summed E-state index contributed by atoms with van der Waals surface area (Å²) in [6, 6.07) is 0. The number of ether oxygens (including phenoxy) is 11. The number of carbonyl (C=O) groups excluding carboxylic acids is 2. The first-order valence-electron chi connectivity index (χ1n) is 21.7. The zero-order chi connectivity index (χ0) is 39.8. The highest BCUT2D eigenvalue weighted by Gasteiger charge is 2.04. The molecule has 13 heteroatoms. The van der Waals surface area contributed by atoms with Crippen molar-refractivity contribution in [1.29, 1.82) is 0 Å². The van der Waals surface area contributed by atoms with Crippen LogP contribution >= 0.6 is 0 Å². The fourth-order valence-corrected chi connectivity index (χ4v) is 5.24. The van der Waals surface area contributed by atoms with Crippen molar-refractivity contribution in [1.82, 2.24) is 0 Å². The third-order valence-electron chi connectivity index (χ3n) is 8.43. The lowest BCUT2D eigenvalue weighted by atomic mass is 10.0. The summed E-state index contributed by atoms with van der Waals surface area (Å²) in [7, 11) is 0. The highest BCUT2D eigenvalue weighted by Crippen LogP contribution is 2.13. The lowest BCUT2D eigenvalue weighted by molar-refractivity contribution is -0.146. The molecule has 0 aromatic rings. The van der Waals surface area contributed by atoms with Crippen LogP contribution in [0.4, 0.5) is 0 Å². The van der Waals surface area contributed by atoms with Crippen LogP contribution in [0.15, 0.2) is 0 Å². The standard InChI is InChI=1S/C42H82O13/c1-3-5-7-8-9-10-11-12-13-14-15-16-18-20-42(44)55-40-38-53-36-34-51-32-30-49-28-26-47-24-22-45-21-23-46-25-27-48-29-31-50-33-35-52-37-39-54-41(43)19-17-6-4-2/h3-40H2,1-2H3. The van der Waals surface area contributed by atoms with E-state index in [1.165, 1.54) is 70.6 Å². The molecule has 55 heavy (non-hydrogen) atoms. The SMILES string of the molecule is CCCCCCCCCCCCCCCC(=O)OCCOCCOCCOCCOCCOCCOCCOCCOCCOCCOC(=O)CCCCC. The number of rotatable bonds is 48. The van der Waals surface area contributed by atoms with Crippen molar-refractivity contribution in [2.24, 2.45) is 0 Å². The molecular weight excluding hydrogens is 712 g/mol. The van der Waals surface area contributed by atoms with Crippen molar-refractivity contribution in [2.45, 2.75) is 129 Å². The Labute approximate surface area is 334 Å². The summed E-state index contributed by atoms with van der Waals surface area (Å²) in [6.45, 7) is 13.4. The van der Waals surface area contributed by atoms with Gasteiger partial charge in [0.05, 0.1) is 119 Å². The molecule has 0 fully saturated rings. The third kappa shape index (κ3) is 48.7. The molecule has 0 amide bonds. The Bertz CT molecular complexity index is 759. The van der Waals surface area contributed by atoms with Gasteiger partial charge in [-0.15, -0.1) is 0 Å². The van der Waals surface area contributed by atoms with E-state index in [0.717, 1.165) is 32.1 Å². The normalized spacial score (nSPS) is 11.4. The predicted molar refractivity (Wildman–Crippen MR) is 214 cm³/mol. The van der Waals surface area contributed by atoms with Gasteiger partial charge in [0.25, 0.3) is 0 Å². The lowest BCUT2D eigenvalue weighted by Crippen LogP contribution is -2.15. The zero-order valence-electron chi connectivity index (χ0n) is 35.2. The maximum atomic E-state index is 11.9. The topological polar surface area (TPSA) is 136 Å². The molecule has 0 rings (SSSR count). The van der Waals surface area contributed by atoms with Gasteiger partial charge in [-0.2, -0.15) is 0 Å². The summed E-state index contributed by atoms with van der Waals surface area (Å²) in [5, 5.41) is 0. The van der Waals surface area contributed by atoms with Gasteiger partial charge in [-0.05, 0) is 12.8 Å². The van der Waals surface area contributed by atoms with Crippen molar-refractivity contribution in [2.75, 3.05) is 132 Å². The van der Waals surface area contributed by atoms with Gasteiger partial charge in [-0.3, -0.25) is 9.59 Å². The van der Waals surface area contributed by atoms with Gasteiger partial charge in [0.2, 0.25) is 0 Å². The fraction of sp³-hybridized carbons (Fsp3) is 0.952. The summed E-state index contributed by atoms with van der Waals surface area (Å²) >= 11 is 0. The second-order valence-electron chi connectivity index (χ2n) is 13.4. The maximum absolute atomic E-state index is 11.9. The average molecular weight is 795 g/mol. The summed E-state index contributed by atoms with van der Waals surface area (Å²) < 4.78 is 59.6. The van der Waals surface area contributed by atoms with Gasteiger partial charge in [0.1, 0.15) is 13.2 Å². The minimum Gasteiger partial charge on any atom is -0.463 e. The van der Waals surface area contributed by atoms with Gasteiger partial charge in [0, 0.05) is 12.8 Å². The molecule has 328 valence electrons. The van der Waals surface area contributed by atoms with Crippen molar-refractivity contribution in [3.8, 4) is 0 Å². The Morgan fingerprint density at radius 1 is 0.255 bits per heavy atom. The molecule has 0 aromatic heterocycles. The molecule has 0 unspecified atom stereocenters. The Balaban J connectivity index is 3.14. The molecule has 0 aliphatic rings. The van der Waals surface area contributed by atoms with Crippen molar-refractivity contribution >= 4 is 11.9 Å². The van der Waals surface area contributed by atoms with E-state index in [-0.39, 0.29) is 25.2 Å². The van der Waals surface area contributed by atoms with Crippen LogP contribution in [0, 0.1) is 0 Å². The van der Waals surface area contributed by atoms with Gasteiger partial charge in [0.15, 0.2) is 0 Å². The first-order valence-corrected chi connectivity index (χ1v) is 21.7. The van der Waals surface area contributed by atoms with Gasteiger partial charge < -0.3 is 52.1 Å². The van der Waals surface area contributed by atoms with Crippen LogP contribution in [0.3, 0.4) is 0 Å². The maximum Gasteiger partial charge on any atom is 0.305 e. The Morgan fingerprint density at radius 2 is 0.436 bits per heavy atom. The van der Waals surface area contributed by atoms with Crippen molar-refractivity contribution in [3.05, 3.63) is 0 Å². The Hall–Kier alpha value is -1.42. The molecule has 0 aromatic carbocycles. The molecule has 0 aliphatic carbocycles. The van der Waals surface area contributed by atoms with E-state index >= 15 is 0 Å². The van der Waals surface area contributed by atoms with Crippen LogP contribution in [-0.4, -0.2) is 144 Å². The van der Waals surface area contributed by atoms with Gasteiger partial charge in [-0.1, -0.05) is 104 Å². The van der Waals surface area contributed by atoms with E-state index in [1.807, 2.05) is 0 Å². The van der Waals surface area contributed by atoms with E-state index in [9.17, 15) is 9.59 Å². The van der Waals surface area contributed by atoms with E-state index in [1.54, 1.807) is 0 Å². The smallest absolute Gasteiger partial charge is 0.305 e. The van der Waals surface area contributed by atoms with Crippen LogP contribution in [0.25, 0.3) is 0 Å². The molecule has 0 heterocycles. The number of carbonyl (C=O) groups is 2. The second kappa shape index (κ2) is 48.7. The van der Waals surface area contributed by atoms with Crippen LogP contribution in [0.1, 0.15) is 129 Å². The highest BCUT2D eigenvalue weighted by atomic mass is 16.6. The summed E-state index contributed by atoms with van der Waals surface area (Å²) in [5.74, 6) is -0.295. The lowest BCUT2D eigenvalue weighted by Gasteiger charge is -2.09. The number of unbranched alkanes of at least 4 members (excludes halogenated alkanes) is 14. The highest BCUT2D eigenvalue weighted by molar-refractivity contribution is 5.69. The number of hydrogen-bond acceptors (Lipinski definition) is 13. The predicted octanol–water partition coefficient (Wildman–Crippen LogP) is 7.28. The zero-order valence-corrected chi connectivity index (χ0v) is 35.2. The summed E-state index contributed by atoms with van der Waals surface area (Å²) in [6.07, 6.45) is 20.8. The Morgan fingerprint density at radius 3 is 0.691 bits per heavy atom. The molecule has 0 spiro atoms. The second-order valence-corrected chi connectivity index (χ2v) is 13.4. The van der Waals surface area contributed by atoms with Crippen LogP contribution < -0.4 is 0 Å². The van der Waals surface area contributed by atoms with E-state index < -0.39 is 0 Å². The first-order chi connectivity index (χ1) is 27.2.